The molecule has 2 amide bonds. The first-order valence-corrected chi connectivity index (χ1v) is 11.8. The van der Waals surface area contributed by atoms with Gasteiger partial charge in [-0.2, -0.15) is 0 Å². The number of rotatable bonds is 6. The van der Waals surface area contributed by atoms with Crippen LogP contribution in [0.25, 0.3) is 0 Å². The van der Waals surface area contributed by atoms with Crippen LogP contribution in [0.2, 0.25) is 0 Å². The number of pyridine rings is 1. The van der Waals surface area contributed by atoms with Crippen molar-refractivity contribution in [3.05, 3.63) is 40.7 Å². The third-order valence-electron chi connectivity index (χ3n) is 6.02. The second kappa shape index (κ2) is 10.1. The van der Waals surface area contributed by atoms with E-state index in [1.54, 1.807) is 11.1 Å². The van der Waals surface area contributed by atoms with Gasteiger partial charge in [-0.25, -0.2) is 4.98 Å². The van der Waals surface area contributed by atoms with Gasteiger partial charge < -0.3 is 15.0 Å². The number of hydrogen-bond acceptors (Lipinski definition) is 5. The minimum atomic E-state index is -0.240. The van der Waals surface area contributed by atoms with Gasteiger partial charge >= 0.3 is 0 Å². The highest BCUT2D eigenvalue weighted by Crippen LogP contribution is 2.28. The number of hydrogen-bond donors (Lipinski definition) is 1. The van der Waals surface area contributed by atoms with E-state index in [2.05, 4.69) is 10.3 Å². The van der Waals surface area contributed by atoms with E-state index in [9.17, 15) is 9.59 Å². The Morgan fingerprint density at radius 2 is 2.00 bits per heavy atom. The van der Waals surface area contributed by atoms with Crippen molar-refractivity contribution in [1.82, 2.24) is 9.88 Å². The lowest BCUT2D eigenvalue weighted by atomic mass is 9.90. The first-order chi connectivity index (χ1) is 14.7. The molecule has 2 aromatic rings. The predicted molar refractivity (Wildman–Crippen MR) is 118 cm³/mol. The summed E-state index contributed by atoms with van der Waals surface area (Å²) in [4.78, 5) is 32.4. The summed E-state index contributed by atoms with van der Waals surface area (Å²) in [6.07, 6.45) is 9.53. The topological polar surface area (TPSA) is 71.5 Å². The van der Waals surface area contributed by atoms with Crippen molar-refractivity contribution in [2.45, 2.75) is 44.9 Å². The van der Waals surface area contributed by atoms with Crippen LogP contribution in [0.3, 0.4) is 0 Å². The van der Waals surface area contributed by atoms with Gasteiger partial charge in [0.2, 0.25) is 5.91 Å². The van der Waals surface area contributed by atoms with Gasteiger partial charge in [-0.15, -0.1) is 11.3 Å². The zero-order valence-corrected chi connectivity index (χ0v) is 18.0. The number of thiophene rings is 1. The molecule has 6 nitrogen and oxygen atoms in total. The molecule has 7 heteroatoms. The molecule has 1 aliphatic carbocycles. The highest BCUT2D eigenvalue weighted by Gasteiger charge is 2.30. The third kappa shape index (κ3) is 5.19. The molecule has 1 N–H and O–H groups in total. The van der Waals surface area contributed by atoms with Gasteiger partial charge in [0.1, 0.15) is 0 Å². The molecule has 1 aliphatic heterocycles. The molecule has 160 valence electrons. The van der Waals surface area contributed by atoms with Crippen LogP contribution in [0, 0.1) is 11.8 Å². The lowest BCUT2D eigenvalue weighted by molar-refractivity contribution is -0.121. The lowest BCUT2D eigenvalue weighted by Crippen LogP contribution is -2.43. The summed E-state index contributed by atoms with van der Waals surface area (Å²) in [6.45, 7) is 1.80. The summed E-state index contributed by atoms with van der Waals surface area (Å²) in [5.41, 5.74) is 0. The number of likely N-dealkylation sites (tertiary alicyclic amines) is 1. The van der Waals surface area contributed by atoms with E-state index >= 15 is 0 Å². The molecule has 0 spiro atoms. The summed E-state index contributed by atoms with van der Waals surface area (Å²) < 4.78 is 6.03. The van der Waals surface area contributed by atoms with E-state index in [0.717, 1.165) is 17.7 Å². The molecule has 0 aromatic carbocycles. The van der Waals surface area contributed by atoms with Gasteiger partial charge in [-0.3, -0.25) is 9.59 Å². The van der Waals surface area contributed by atoms with Crippen molar-refractivity contribution in [3.63, 3.8) is 0 Å². The number of nitrogens with one attached hydrogen (secondary N) is 1. The number of nitrogens with zero attached hydrogens (tertiary/aromatic N) is 2. The van der Waals surface area contributed by atoms with Gasteiger partial charge in [0, 0.05) is 19.3 Å². The smallest absolute Gasteiger partial charge is 0.263 e. The molecule has 2 aromatic heterocycles. The molecule has 2 aliphatic rings. The van der Waals surface area contributed by atoms with Crippen LogP contribution in [0.15, 0.2) is 35.8 Å². The van der Waals surface area contributed by atoms with Gasteiger partial charge in [0.05, 0.1) is 17.4 Å². The van der Waals surface area contributed by atoms with Crippen molar-refractivity contribution in [2.24, 2.45) is 11.8 Å². The first-order valence-electron chi connectivity index (χ1n) is 10.9. The Bertz CT molecular complexity index is 849. The Kier molecular flexibility index (Phi) is 7.00. The molecule has 0 radical (unpaired) electrons. The fourth-order valence-electron chi connectivity index (χ4n) is 4.31. The maximum absolute atomic E-state index is 12.9. The van der Waals surface area contributed by atoms with E-state index in [1.165, 1.54) is 43.4 Å². The molecule has 1 atom stereocenters. The molecule has 1 saturated carbocycles. The zero-order valence-electron chi connectivity index (χ0n) is 17.2. The zero-order chi connectivity index (χ0) is 20.8. The predicted octanol–water partition coefficient (Wildman–Crippen LogP) is 4.59. The summed E-state index contributed by atoms with van der Waals surface area (Å²) >= 11 is 1.44. The number of carbonyl (C=O) groups excluding carboxylic acids is 2. The van der Waals surface area contributed by atoms with Crippen LogP contribution in [0.1, 0.15) is 54.6 Å². The Labute approximate surface area is 181 Å². The normalized spacial score (nSPS) is 20.0. The second-order valence-corrected chi connectivity index (χ2v) is 9.17. The number of aromatic nitrogens is 1. The summed E-state index contributed by atoms with van der Waals surface area (Å²) in [5.74, 6) is 1.35. The Morgan fingerprint density at radius 1 is 1.13 bits per heavy atom. The van der Waals surface area contributed by atoms with Crippen LogP contribution in [0.4, 0.5) is 5.82 Å². The van der Waals surface area contributed by atoms with E-state index < -0.39 is 0 Å². The van der Waals surface area contributed by atoms with E-state index in [1.807, 2.05) is 29.6 Å². The fourth-order valence-corrected chi connectivity index (χ4v) is 5.00. The van der Waals surface area contributed by atoms with E-state index in [0.29, 0.717) is 37.2 Å². The van der Waals surface area contributed by atoms with Crippen LogP contribution in [0.5, 0.6) is 5.75 Å². The van der Waals surface area contributed by atoms with Crippen molar-refractivity contribution < 1.29 is 14.3 Å². The minimum Gasteiger partial charge on any atom is -0.489 e. The van der Waals surface area contributed by atoms with Crippen LogP contribution in [-0.4, -0.2) is 41.4 Å². The number of anilines is 1. The minimum absolute atomic E-state index is 0.0110. The quantitative estimate of drug-likeness (QED) is 0.732. The third-order valence-corrected chi connectivity index (χ3v) is 6.88. The molecular weight excluding hydrogens is 398 g/mol. The monoisotopic (exact) mass is 427 g/mol. The average Bonchev–Trinajstić information content (AvgIpc) is 3.34. The molecule has 1 saturated heterocycles. The molecule has 30 heavy (non-hydrogen) atoms. The van der Waals surface area contributed by atoms with Crippen molar-refractivity contribution in [3.8, 4) is 5.75 Å². The standard InChI is InChI=1S/C23H29N3O3S/c27-22(18-9-5-13-26(15-18)23(28)20-11-6-14-30-20)25-21-19(10-4-12-24-21)29-16-17-7-2-1-3-8-17/h4,6,10-12,14,17-18H,1-3,5,7-9,13,15-16H2,(H,24,25,27). The molecule has 4 rings (SSSR count). The van der Waals surface area contributed by atoms with Gasteiger partial charge in [0.25, 0.3) is 5.91 Å². The maximum atomic E-state index is 12.9. The summed E-state index contributed by atoms with van der Waals surface area (Å²) in [5, 5.41) is 4.85. The van der Waals surface area contributed by atoms with Crippen LogP contribution in [-0.2, 0) is 4.79 Å². The Balaban J connectivity index is 1.35. The summed E-state index contributed by atoms with van der Waals surface area (Å²) in [6, 6.07) is 7.40. The van der Waals surface area contributed by atoms with Gasteiger partial charge in [-0.1, -0.05) is 25.3 Å². The maximum Gasteiger partial charge on any atom is 0.263 e. The van der Waals surface area contributed by atoms with E-state index in [4.69, 9.17) is 4.74 Å². The molecule has 3 heterocycles. The van der Waals surface area contributed by atoms with Crippen LogP contribution >= 0.6 is 11.3 Å². The number of carbonyl (C=O) groups is 2. The van der Waals surface area contributed by atoms with Crippen molar-refractivity contribution >= 4 is 29.0 Å². The lowest BCUT2D eigenvalue weighted by Gasteiger charge is -2.31. The van der Waals surface area contributed by atoms with Crippen LogP contribution < -0.4 is 10.1 Å². The Hall–Kier alpha value is -2.41. The van der Waals surface area contributed by atoms with Crippen molar-refractivity contribution in [2.75, 3.05) is 25.0 Å². The molecule has 1 unspecified atom stereocenters. The average molecular weight is 428 g/mol. The van der Waals surface area contributed by atoms with E-state index in [-0.39, 0.29) is 17.7 Å². The molecular formula is C23H29N3O3S. The SMILES string of the molecule is O=C(Nc1ncccc1OCC1CCCCC1)C1CCCN(C(=O)c2cccs2)C1. The van der Waals surface area contributed by atoms with Gasteiger partial charge in [-0.05, 0) is 55.2 Å². The van der Waals surface area contributed by atoms with Crippen molar-refractivity contribution in [1.29, 1.82) is 0 Å². The van der Waals surface area contributed by atoms with Gasteiger partial charge in [0.15, 0.2) is 11.6 Å². The molecule has 0 bridgehead atoms. The molecule has 2 fully saturated rings. The Morgan fingerprint density at radius 3 is 2.80 bits per heavy atom. The number of piperidine rings is 1. The number of ether oxygens (including phenoxy) is 1. The highest BCUT2D eigenvalue weighted by atomic mass is 32.1. The summed E-state index contributed by atoms with van der Waals surface area (Å²) in [7, 11) is 0. The number of amides is 2. The fraction of sp³-hybridized carbons (Fsp3) is 0.522. The first kappa shape index (κ1) is 20.8. The second-order valence-electron chi connectivity index (χ2n) is 8.22. The largest absolute Gasteiger partial charge is 0.489 e. The highest BCUT2D eigenvalue weighted by molar-refractivity contribution is 7.12.